The number of hydrogen-bond donors (Lipinski definition) is 1. The SMILES string of the molecule is CC(NC1CCC(C)C(C)C1)c1cccc(Br)c1. The van der Waals surface area contributed by atoms with E-state index in [2.05, 4.69) is 66.3 Å². The minimum Gasteiger partial charge on any atom is -0.307 e. The molecular formula is C16H24BrN. The minimum absolute atomic E-state index is 0.438. The lowest BCUT2D eigenvalue weighted by Crippen LogP contribution is -2.37. The predicted molar refractivity (Wildman–Crippen MR) is 81.7 cm³/mol. The van der Waals surface area contributed by atoms with Crippen molar-refractivity contribution in [1.82, 2.24) is 5.32 Å². The van der Waals surface area contributed by atoms with Crippen molar-refractivity contribution in [3.63, 3.8) is 0 Å². The second kappa shape index (κ2) is 6.21. The van der Waals surface area contributed by atoms with Gasteiger partial charge in [0, 0.05) is 16.6 Å². The van der Waals surface area contributed by atoms with Gasteiger partial charge in [0.2, 0.25) is 0 Å². The Morgan fingerprint density at radius 3 is 2.67 bits per heavy atom. The van der Waals surface area contributed by atoms with Crippen LogP contribution in [0, 0.1) is 11.8 Å². The van der Waals surface area contributed by atoms with Crippen LogP contribution in [0.25, 0.3) is 0 Å². The first-order chi connectivity index (χ1) is 8.56. The maximum atomic E-state index is 3.79. The molecule has 18 heavy (non-hydrogen) atoms. The van der Waals surface area contributed by atoms with E-state index in [9.17, 15) is 0 Å². The van der Waals surface area contributed by atoms with Crippen LogP contribution in [0.2, 0.25) is 0 Å². The molecule has 0 aromatic heterocycles. The summed E-state index contributed by atoms with van der Waals surface area (Å²) in [5.74, 6) is 1.75. The van der Waals surface area contributed by atoms with Crippen LogP contribution in [0.5, 0.6) is 0 Å². The van der Waals surface area contributed by atoms with Crippen LogP contribution < -0.4 is 5.32 Å². The Balaban J connectivity index is 1.93. The van der Waals surface area contributed by atoms with Crippen LogP contribution in [-0.4, -0.2) is 6.04 Å². The molecule has 1 saturated carbocycles. The molecule has 2 rings (SSSR count). The summed E-state index contributed by atoms with van der Waals surface area (Å²) in [5.41, 5.74) is 1.37. The zero-order valence-electron chi connectivity index (χ0n) is 11.6. The molecule has 100 valence electrons. The summed E-state index contributed by atoms with van der Waals surface area (Å²) >= 11 is 3.55. The molecule has 1 nitrogen and oxygen atoms in total. The lowest BCUT2D eigenvalue weighted by molar-refractivity contribution is 0.217. The Morgan fingerprint density at radius 1 is 1.22 bits per heavy atom. The molecule has 1 fully saturated rings. The summed E-state index contributed by atoms with van der Waals surface area (Å²) < 4.78 is 1.17. The van der Waals surface area contributed by atoms with Gasteiger partial charge in [-0.1, -0.05) is 41.9 Å². The molecule has 1 aromatic rings. The number of halogens is 1. The monoisotopic (exact) mass is 309 g/mol. The van der Waals surface area contributed by atoms with E-state index in [4.69, 9.17) is 0 Å². The quantitative estimate of drug-likeness (QED) is 0.835. The smallest absolute Gasteiger partial charge is 0.0294 e. The van der Waals surface area contributed by atoms with E-state index in [0.29, 0.717) is 12.1 Å². The van der Waals surface area contributed by atoms with Gasteiger partial charge in [-0.25, -0.2) is 0 Å². The van der Waals surface area contributed by atoms with E-state index in [1.54, 1.807) is 0 Å². The Hall–Kier alpha value is -0.340. The summed E-state index contributed by atoms with van der Waals surface area (Å²) in [5, 5.41) is 3.79. The van der Waals surface area contributed by atoms with Crippen LogP contribution in [0.15, 0.2) is 28.7 Å². The zero-order chi connectivity index (χ0) is 13.1. The Bertz CT molecular complexity index is 390. The van der Waals surface area contributed by atoms with Crippen molar-refractivity contribution in [3.8, 4) is 0 Å². The molecule has 0 spiro atoms. The average Bonchev–Trinajstić information content (AvgIpc) is 2.34. The van der Waals surface area contributed by atoms with Crippen molar-refractivity contribution in [3.05, 3.63) is 34.3 Å². The van der Waals surface area contributed by atoms with Crippen molar-refractivity contribution in [1.29, 1.82) is 0 Å². The van der Waals surface area contributed by atoms with E-state index >= 15 is 0 Å². The first-order valence-corrected chi connectivity index (χ1v) is 7.87. The number of rotatable bonds is 3. The first kappa shape index (κ1) is 14.1. The largest absolute Gasteiger partial charge is 0.307 e. The highest BCUT2D eigenvalue weighted by Gasteiger charge is 2.25. The van der Waals surface area contributed by atoms with Gasteiger partial charge in [0.15, 0.2) is 0 Å². The van der Waals surface area contributed by atoms with Crippen LogP contribution in [-0.2, 0) is 0 Å². The average molecular weight is 310 g/mol. The van der Waals surface area contributed by atoms with E-state index in [0.717, 1.165) is 11.8 Å². The zero-order valence-corrected chi connectivity index (χ0v) is 13.2. The van der Waals surface area contributed by atoms with E-state index in [1.807, 2.05) is 0 Å². The molecule has 0 radical (unpaired) electrons. The Labute approximate surface area is 119 Å². The van der Waals surface area contributed by atoms with Gasteiger partial charge in [-0.2, -0.15) is 0 Å². The molecule has 1 aromatic carbocycles. The molecule has 0 bridgehead atoms. The van der Waals surface area contributed by atoms with Gasteiger partial charge in [-0.3, -0.25) is 0 Å². The van der Waals surface area contributed by atoms with Crippen LogP contribution >= 0.6 is 15.9 Å². The van der Waals surface area contributed by atoms with E-state index in [1.165, 1.54) is 29.3 Å². The number of benzene rings is 1. The normalized spacial score (nSPS) is 30.1. The van der Waals surface area contributed by atoms with Crippen LogP contribution in [0.1, 0.15) is 51.6 Å². The topological polar surface area (TPSA) is 12.0 Å². The highest BCUT2D eigenvalue weighted by molar-refractivity contribution is 9.10. The van der Waals surface area contributed by atoms with Gasteiger partial charge in [-0.05, 0) is 55.7 Å². The van der Waals surface area contributed by atoms with Crippen molar-refractivity contribution in [2.45, 2.75) is 52.1 Å². The molecule has 0 amide bonds. The molecule has 0 saturated heterocycles. The Kier molecular flexibility index (Phi) is 4.85. The van der Waals surface area contributed by atoms with Gasteiger partial charge in [-0.15, -0.1) is 0 Å². The molecule has 1 aliphatic rings. The maximum Gasteiger partial charge on any atom is 0.0294 e. The van der Waals surface area contributed by atoms with Crippen LogP contribution in [0.3, 0.4) is 0 Å². The predicted octanol–water partition coefficient (Wildman–Crippen LogP) is 4.92. The molecule has 0 aliphatic heterocycles. The van der Waals surface area contributed by atoms with Crippen molar-refractivity contribution >= 4 is 15.9 Å². The van der Waals surface area contributed by atoms with Gasteiger partial charge in [0.1, 0.15) is 0 Å². The number of nitrogens with one attached hydrogen (secondary N) is 1. The molecule has 0 heterocycles. The van der Waals surface area contributed by atoms with E-state index in [-0.39, 0.29) is 0 Å². The molecule has 1 N–H and O–H groups in total. The van der Waals surface area contributed by atoms with Crippen molar-refractivity contribution in [2.75, 3.05) is 0 Å². The third-order valence-corrected chi connectivity index (χ3v) is 4.93. The van der Waals surface area contributed by atoms with Crippen molar-refractivity contribution < 1.29 is 0 Å². The second-order valence-corrected chi connectivity index (χ2v) is 6.82. The third-order valence-electron chi connectivity index (χ3n) is 4.43. The Morgan fingerprint density at radius 2 is 2.00 bits per heavy atom. The summed E-state index contributed by atoms with van der Waals surface area (Å²) in [4.78, 5) is 0. The fourth-order valence-electron chi connectivity index (χ4n) is 2.92. The molecule has 2 heteroatoms. The third kappa shape index (κ3) is 3.58. The van der Waals surface area contributed by atoms with Gasteiger partial charge in [0.05, 0.1) is 0 Å². The summed E-state index contributed by atoms with van der Waals surface area (Å²) in [6, 6.07) is 9.74. The molecule has 1 aliphatic carbocycles. The van der Waals surface area contributed by atoms with Gasteiger partial charge >= 0.3 is 0 Å². The summed E-state index contributed by atoms with van der Waals surface area (Å²) in [7, 11) is 0. The highest BCUT2D eigenvalue weighted by atomic mass is 79.9. The summed E-state index contributed by atoms with van der Waals surface area (Å²) in [6.07, 6.45) is 4.01. The maximum absolute atomic E-state index is 3.79. The van der Waals surface area contributed by atoms with E-state index < -0.39 is 0 Å². The number of hydrogen-bond acceptors (Lipinski definition) is 1. The van der Waals surface area contributed by atoms with Crippen molar-refractivity contribution in [2.24, 2.45) is 11.8 Å². The fourth-order valence-corrected chi connectivity index (χ4v) is 3.34. The lowest BCUT2D eigenvalue weighted by Gasteiger charge is -2.34. The highest BCUT2D eigenvalue weighted by Crippen LogP contribution is 2.30. The lowest BCUT2D eigenvalue weighted by atomic mass is 9.79. The summed E-state index contributed by atoms with van der Waals surface area (Å²) in [6.45, 7) is 7.05. The molecule has 4 unspecified atom stereocenters. The molecule has 4 atom stereocenters. The van der Waals surface area contributed by atoms with Crippen LogP contribution in [0.4, 0.5) is 0 Å². The first-order valence-electron chi connectivity index (χ1n) is 7.07. The standard InChI is InChI=1S/C16H24BrN/c1-11-7-8-16(9-12(11)2)18-13(3)14-5-4-6-15(17)10-14/h4-6,10-13,16,18H,7-9H2,1-3H3. The minimum atomic E-state index is 0.438. The van der Waals surface area contributed by atoms with Gasteiger partial charge in [0.25, 0.3) is 0 Å². The second-order valence-electron chi connectivity index (χ2n) is 5.91. The van der Waals surface area contributed by atoms with Gasteiger partial charge < -0.3 is 5.32 Å². The fraction of sp³-hybridized carbons (Fsp3) is 0.625. The molecular weight excluding hydrogens is 286 g/mol.